The van der Waals surface area contributed by atoms with E-state index in [1.54, 1.807) is 6.20 Å². The molecule has 0 bridgehead atoms. The number of urea groups is 1. The Hall–Kier alpha value is -1.58. The molecule has 2 aliphatic rings. The molecule has 3 rings (SSSR count). The molecule has 1 aliphatic carbocycles. The molecule has 4 nitrogen and oxygen atoms in total. The van der Waals surface area contributed by atoms with Crippen LogP contribution in [0, 0.1) is 17.8 Å². The van der Waals surface area contributed by atoms with Gasteiger partial charge in [0.25, 0.3) is 0 Å². The summed E-state index contributed by atoms with van der Waals surface area (Å²) in [6, 6.07) is 4.18. The minimum Gasteiger partial charge on any atom is -0.337 e. The smallest absolute Gasteiger partial charge is 0.317 e. The van der Waals surface area contributed by atoms with Gasteiger partial charge >= 0.3 is 6.03 Å². The van der Waals surface area contributed by atoms with Crippen LogP contribution in [0.25, 0.3) is 0 Å². The SMILES string of the molecule is CC(C)[C@H](CNC(=O)N1C[C@H]2CCC[C@@H]2C1)c1cccnc1. The van der Waals surface area contributed by atoms with Gasteiger partial charge in [0.15, 0.2) is 0 Å². The van der Waals surface area contributed by atoms with Crippen molar-refractivity contribution in [1.82, 2.24) is 15.2 Å². The van der Waals surface area contributed by atoms with Crippen molar-refractivity contribution in [3.05, 3.63) is 30.1 Å². The summed E-state index contributed by atoms with van der Waals surface area (Å²) in [5, 5.41) is 3.15. The molecule has 2 heterocycles. The highest BCUT2D eigenvalue weighted by molar-refractivity contribution is 5.74. The highest BCUT2D eigenvalue weighted by Gasteiger charge is 2.38. The fraction of sp³-hybridized carbons (Fsp3) is 0.667. The number of aromatic nitrogens is 1. The first-order chi connectivity index (χ1) is 10.6. The Balaban J connectivity index is 1.55. The lowest BCUT2D eigenvalue weighted by Crippen LogP contribution is -2.41. The van der Waals surface area contributed by atoms with E-state index in [0.717, 1.165) is 24.9 Å². The number of rotatable bonds is 4. The van der Waals surface area contributed by atoms with Gasteiger partial charge in [0.1, 0.15) is 0 Å². The van der Waals surface area contributed by atoms with E-state index >= 15 is 0 Å². The van der Waals surface area contributed by atoms with Gasteiger partial charge in [-0.2, -0.15) is 0 Å². The van der Waals surface area contributed by atoms with Crippen LogP contribution in [0.2, 0.25) is 0 Å². The van der Waals surface area contributed by atoms with Gasteiger partial charge < -0.3 is 10.2 Å². The fourth-order valence-electron chi connectivity index (χ4n) is 4.04. The number of hydrogen-bond donors (Lipinski definition) is 1. The molecule has 0 radical (unpaired) electrons. The van der Waals surface area contributed by atoms with E-state index in [9.17, 15) is 4.79 Å². The van der Waals surface area contributed by atoms with Gasteiger partial charge in [-0.05, 0) is 42.2 Å². The molecule has 2 amide bonds. The zero-order chi connectivity index (χ0) is 15.5. The van der Waals surface area contributed by atoms with E-state index in [-0.39, 0.29) is 6.03 Å². The molecule has 1 aromatic heterocycles. The molecule has 1 saturated heterocycles. The summed E-state index contributed by atoms with van der Waals surface area (Å²) in [4.78, 5) is 18.7. The van der Waals surface area contributed by atoms with Gasteiger partial charge in [-0.1, -0.05) is 26.3 Å². The van der Waals surface area contributed by atoms with Crippen LogP contribution >= 0.6 is 0 Å². The van der Waals surface area contributed by atoms with Gasteiger partial charge in [0.05, 0.1) is 0 Å². The van der Waals surface area contributed by atoms with Crippen molar-refractivity contribution in [2.75, 3.05) is 19.6 Å². The monoisotopic (exact) mass is 301 g/mol. The highest BCUT2D eigenvalue weighted by Crippen LogP contribution is 2.37. The Morgan fingerprint density at radius 1 is 1.36 bits per heavy atom. The van der Waals surface area contributed by atoms with Crippen molar-refractivity contribution < 1.29 is 4.79 Å². The first kappa shape index (κ1) is 15.3. The third-order valence-corrected chi connectivity index (χ3v) is 5.40. The van der Waals surface area contributed by atoms with Crippen molar-refractivity contribution in [3.63, 3.8) is 0 Å². The third-order valence-electron chi connectivity index (χ3n) is 5.40. The molecule has 22 heavy (non-hydrogen) atoms. The van der Waals surface area contributed by atoms with E-state index in [1.165, 1.54) is 24.8 Å². The maximum Gasteiger partial charge on any atom is 0.317 e. The molecule has 4 heteroatoms. The van der Waals surface area contributed by atoms with E-state index in [4.69, 9.17) is 0 Å². The number of carbonyl (C=O) groups is 1. The van der Waals surface area contributed by atoms with E-state index in [2.05, 4.69) is 30.2 Å². The zero-order valence-corrected chi connectivity index (χ0v) is 13.7. The first-order valence-electron chi connectivity index (χ1n) is 8.58. The molecule has 0 aromatic carbocycles. The summed E-state index contributed by atoms with van der Waals surface area (Å²) in [6.07, 6.45) is 7.66. The highest BCUT2D eigenvalue weighted by atomic mass is 16.2. The topological polar surface area (TPSA) is 45.2 Å². The zero-order valence-electron chi connectivity index (χ0n) is 13.7. The minimum atomic E-state index is 0.115. The largest absolute Gasteiger partial charge is 0.337 e. The quantitative estimate of drug-likeness (QED) is 0.927. The molecule has 1 N–H and O–H groups in total. The predicted octanol–water partition coefficient (Wildman–Crippen LogP) is 3.26. The number of likely N-dealkylation sites (tertiary alicyclic amines) is 1. The number of nitrogens with zero attached hydrogens (tertiary/aromatic N) is 2. The third kappa shape index (κ3) is 3.26. The molecule has 3 atom stereocenters. The summed E-state index contributed by atoms with van der Waals surface area (Å²) in [5.41, 5.74) is 1.20. The van der Waals surface area contributed by atoms with Crippen LogP contribution in [0.5, 0.6) is 0 Å². The standard InChI is InChI=1S/C18H27N3O/c1-13(2)17(14-7-4-8-19-9-14)10-20-18(22)21-11-15-5-3-6-16(15)12-21/h4,7-9,13,15-17H,3,5-6,10-12H2,1-2H3,(H,20,22)/t15-,16-,17+/m1/s1. The number of nitrogens with one attached hydrogen (secondary N) is 1. The van der Waals surface area contributed by atoms with Gasteiger partial charge in [0.2, 0.25) is 0 Å². The fourth-order valence-corrected chi connectivity index (χ4v) is 4.04. The molecule has 2 fully saturated rings. The number of fused-ring (bicyclic) bond motifs is 1. The van der Waals surface area contributed by atoms with Crippen LogP contribution in [0.3, 0.4) is 0 Å². The average molecular weight is 301 g/mol. The number of pyridine rings is 1. The van der Waals surface area contributed by atoms with Crippen LogP contribution in [0.1, 0.15) is 44.6 Å². The summed E-state index contributed by atoms with van der Waals surface area (Å²) >= 11 is 0. The van der Waals surface area contributed by atoms with Crippen molar-refractivity contribution in [1.29, 1.82) is 0 Å². The molecule has 1 saturated carbocycles. The Kier molecular flexibility index (Phi) is 4.65. The van der Waals surface area contributed by atoms with Gasteiger partial charge in [-0.3, -0.25) is 4.98 Å². The average Bonchev–Trinajstić information content (AvgIpc) is 3.09. The van der Waals surface area contributed by atoms with E-state index in [1.807, 2.05) is 17.2 Å². The minimum absolute atomic E-state index is 0.115. The summed E-state index contributed by atoms with van der Waals surface area (Å²) in [5.74, 6) is 2.30. The number of amides is 2. The maximum atomic E-state index is 12.4. The summed E-state index contributed by atoms with van der Waals surface area (Å²) in [6.45, 7) is 6.99. The van der Waals surface area contributed by atoms with Gasteiger partial charge in [-0.25, -0.2) is 4.79 Å². The summed E-state index contributed by atoms with van der Waals surface area (Å²) in [7, 11) is 0. The Bertz CT molecular complexity index is 490. The Labute approximate surface area is 133 Å². The van der Waals surface area contributed by atoms with Crippen LogP contribution in [-0.4, -0.2) is 35.5 Å². The lowest BCUT2D eigenvalue weighted by atomic mass is 9.89. The molecular weight excluding hydrogens is 274 g/mol. The van der Waals surface area contributed by atoms with Crippen molar-refractivity contribution in [2.45, 2.75) is 39.0 Å². The lowest BCUT2D eigenvalue weighted by molar-refractivity contribution is 0.203. The molecule has 0 spiro atoms. The first-order valence-corrected chi connectivity index (χ1v) is 8.58. The normalized spacial score (nSPS) is 25.3. The van der Waals surface area contributed by atoms with Crippen molar-refractivity contribution in [2.24, 2.45) is 17.8 Å². The maximum absolute atomic E-state index is 12.4. The molecule has 1 aromatic rings. The van der Waals surface area contributed by atoms with E-state index < -0.39 is 0 Å². The number of hydrogen-bond acceptors (Lipinski definition) is 2. The van der Waals surface area contributed by atoms with Gasteiger partial charge in [-0.15, -0.1) is 0 Å². The van der Waals surface area contributed by atoms with Crippen LogP contribution in [-0.2, 0) is 0 Å². The second-order valence-corrected chi connectivity index (χ2v) is 7.18. The van der Waals surface area contributed by atoms with Crippen LogP contribution < -0.4 is 5.32 Å². The second-order valence-electron chi connectivity index (χ2n) is 7.18. The Morgan fingerprint density at radius 2 is 2.09 bits per heavy atom. The molecular formula is C18H27N3O. The van der Waals surface area contributed by atoms with Crippen LogP contribution in [0.4, 0.5) is 4.79 Å². The van der Waals surface area contributed by atoms with Gasteiger partial charge in [0, 0.05) is 37.9 Å². The molecule has 120 valence electrons. The second kappa shape index (κ2) is 6.67. The van der Waals surface area contributed by atoms with Crippen molar-refractivity contribution in [3.8, 4) is 0 Å². The van der Waals surface area contributed by atoms with E-state index in [0.29, 0.717) is 18.4 Å². The molecule has 1 aliphatic heterocycles. The Morgan fingerprint density at radius 3 is 2.68 bits per heavy atom. The summed E-state index contributed by atoms with van der Waals surface area (Å²) < 4.78 is 0. The molecule has 0 unspecified atom stereocenters. The van der Waals surface area contributed by atoms with Crippen molar-refractivity contribution >= 4 is 6.03 Å². The predicted molar refractivity (Wildman–Crippen MR) is 87.6 cm³/mol. The van der Waals surface area contributed by atoms with Crippen LogP contribution in [0.15, 0.2) is 24.5 Å². The lowest BCUT2D eigenvalue weighted by Gasteiger charge is -2.24. The number of carbonyl (C=O) groups excluding carboxylic acids is 1.